The van der Waals surface area contributed by atoms with E-state index >= 15 is 0 Å². The first-order chi connectivity index (χ1) is 8.47. The SMILES string of the molecule is Cc1cc(Oc2cc(F)ccc2N)cc(C)c1Br. The second-order valence-electron chi connectivity index (χ2n) is 4.16. The summed E-state index contributed by atoms with van der Waals surface area (Å²) in [6, 6.07) is 7.83. The molecule has 2 N–H and O–H groups in total. The van der Waals surface area contributed by atoms with Gasteiger partial charge in [0.05, 0.1) is 5.69 Å². The van der Waals surface area contributed by atoms with Gasteiger partial charge in [-0.05, 0) is 49.2 Å². The van der Waals surface area contributed by atoms with Crippen molar-refractivity contribution in [1.29, 1.82) is 0 Å². The maximum absolute atomic E-state index is 13.1. The Morgan fingerprint density at radius 1 is 1.11 bits per heavy atom. The molecule has 0 aliphatic carbocycles. The molecule has 2 aromatic rings. The molecule has 0 amide bonds. The fourth-order valence-electron chi connectivity index (χ4n) is 1.69. The van der Waals surface area contributed by atoms with E-state index in [1.807, 2.05) is 26.0 Å². The summed E-state index contributed by atoms with van der Waals surface area (Å²) in [5, 5.41) is 0. The minimum Gasteiger partial charge on any atom is -0.455 e. The molecule has 0 aliphatic heterocycles. The van der Waals surface area contributed by atoms with E-state index in [4.69, 9.17) is 10.5 Å². The number of anilines is 1. The van der Waals surface area contributed by atoms with Gasteiger partial charge in [-0.3, -0.25) is 0 Å². The van der Waals surface area contributed by atoms with Crippen LogP contribution in [-0.2, 0) is 0 Å². The van der Waals surface area contributed by atoms with Gasteiger partial charge in [-0.25, -0.2) is 4.39 Å². The summed E-state index contributed by atoms with van der Waals surface area (Å²) < 4.78 is 19.8. The highest BCUT2D eigenvalue weighted by Gasteiger charge is 2.07. The lowest BCUT2D eigenvalue weighted by atomic mass is 10.1. The molecule has 4 heteroatoms. The highest BCUT2D eigenvalue weighted by molar-refractivity contribution is 9.10. The van der Waals surface area contributed by atoms with Crippen LogP contribution in [0.2, 0.25) is 0 Å². The van der Waals surface area contributed by atoms with Crippen LogP contribution in [0.4, 0.5) is 10.1 Å². The number of hydrogen-bond donors (Lipinski definition) is 1. The standard InChI is InChI=1S/C14H13BrFNO/c1-8-5-11(6-9(2)14(8)15)18-13-7-10(16)3-4-12(13)17/h3-7H,17H2,1-2H3. The molecule has 0 spiro atoms. The summed E-state index contributed by atoms with van der Waals surface area (Å²) in [5.74, 6) is 0.603. The number of nitrogen functional groups attached to an aromatic ring is 1. The Bertz CT molecular complexity index is 575. The van der Waals surface area contributed by atoms with Crippen molar-refractivity contribution in [3.05, 3.63) is 51.7 Å². The van der Waals surface area contributed by atoms with Gasteiger partial charge in [0.1, 0.15) is 11.6 Å². The molecule has 0 fully saturated rings. The van der Waals surface area contributed by atoms with Gasteiger partial charge in [0.2, 0.25) is 0 Å². The maximum Gasteiger partial charge on any atom is 0.153 e. The number of nitrogens with two attached hydrogens (primary N) is 1. The number of ether oxygens (including phenoxy) is 1. The van der Waals surface area contributed by atoms with Gasteiger partial charge < -0.3 is 10.5 Å². The lowest BCUT2D eigenvalue weighted by Gasteiger charge is -2.11. The zero-order valence-corrected chi connectivity index (χ0v) is 11.7. The van der Waals surface area contributed by atoms with Gasteiger partial charge in [0.25, 0.3) is 0 Å². The molecule has 0 saturated heterocycles. The third-order valence-electron chi connectivity index (χ3n) is 2.61. The second-order valence-corrected chi connectivity index (χ2v) is 4.95. The number of rotatable bonds is 2. The van der Waals surface area contributed by atoms with E-state index in [1.54, 1.807) is 0 Å². The van der Waals surface area contributed by atoms with Crippen molar-refractivity contribution in [1.82, 2.24) is 0 Å². The number of hydrogen-bond acceptors (Lipinski definition) is 2. The lowest BCUT2D eigenvalue weighted by Crippen LogP contribution is -1.94. The van der Waals surface area contributed by atoms with E-state index in [2.05, 4.69) is 15.9 Å². The summed E-state index contributed by atoms with van der Waals surface area (Å²) in [6.07, 6.45) is 0. The van der Waals surface area contributed by atoms with E-state index in [-0.39, 0.29) is 5.82 Å². The molecule has 0 unspecified atom stereocenters. The molecule has 0 bridgehead atoms. The summed E-state index contributed by atoms with van der Waals surface area (Å²) in [6.45, 7) is 3.94. The van der Waals surface area contributed by atoms with Crippen molar-refractivity contribution in [2.75, 3.05) is 5.73 Å². The fraction of sp³-hybridized carbons (Fsp3) is 0.143. The molecule has 0 aliphatic rings. The number of halogens is 2. The molecule has 0 radical (unpaired) electrons. The zero-order chi connectivity index (χ0) is 13.3. The average molecular weight is 310 g/mol. The minimum atomic E-state index is -0.371. The third kappa shape index (κ3) is 2.64. The van der Waals surface area contributed by atoms with Gasteiger partial charge in [0, 0.05) is 10.5 Å². The van der Waals surface area contributed by atoms with Crippen molar-refractivity contribution >= 4 is 21.6 Å². The number of aryl methyl sites for hydroxylation is 2. The smallest absolute Gasteiger partial charge is 0.153 e. The van der Waals surface area contributed by atoms with Crippen LogP contribution in [0.15, 0.2) is 34.8 Å². The molecular formula is C14H13BrFNO. The van der Waals surface area contributed by atoms with Crippen LogP contribution in [0.3, 0.4) is 0 Å². The van der Waals surface area contributed by atoms with Crippen LogP contribution in [0.25, 0.3) is 0 Å². The first-order valence-corrected chi connectivity index (χ1v) is 6.26. The van der Waals surface area contributed by atoms with Crippen LogP contribution in [-0.4, -0.2) is 0 Å². The summed E-state index contributed by atoms with van der Waals surface area (Å²) in [5.41, 5.74) is 8.27. The van der Waals surface area contributed by atoms with Crippen molar-refractivity contribution in [2.24, 2.45) is 0 Å². The van der Waals surface area contributed by atoms with Crippen molar-refractivity contribution in [3.63, 3.8) is 0 Å². The molecule has 0 aromatic heterocycles. The Hall–Kier alpha value is -1.55. The normalized spacial score (nSPS) is 10.4. The molecule has 0 heterocycles. The van der Waals surface area contributed by atoms with Crippen molar-refractivity contribution in [3.8, 4) is 11.5 Å². The molecule has 2 rings (SSSR count). The van der Waals surface area contributed by atoms with Gasteiger partial charge in [0.15, 0.2) is 5.75 Å². The highest BCUT2D eigenvalue weighted by atomic mass is 79.9. The average Bonchev–Trinajstić information content (AvgIpc) is 2.31. The quantitative estimate of drug-likeness (QED) is 0.824. The predicted molar refractivity (Wildman–Crippen MR) is 74.5 cm³/mol. The molecule has 2 aromatic carbocycles. The monoisotopic (exact) mass is 309 g/mol. The minimum absolute atomic E-state index is 0.330. The fourth-order valence-corrected chi connectivity index (χ4v) is 1.92. The van der Waals surface area contributed by atoms with Crippen LogP contribution in [0.5, 0.6) is 11.5 Å². The lowest BCUT2D eigenvalue weighted by molar-refractivity contribution is 0.478. The Kier molecular flexibility index (Phi) is 3.57. The van der Waals surface area contributed by atoms with Gasteiger partial charge >= 0.3 is 0 Å². The van der Waals surface area contributed by atoms with E-state index in [0.29, 0.717) is 17.2 Å². The van der Waals surface area contributed by atoms with E-state index < -0.39 is 0 Å². The molecule has 0 saturated carbocycles. The molecule has 0 atom stereocenters. The largest absolute Gasteiger partial charge is 0.455 e. The van der Waals surface area contributed by atoms with Crippen LogP contribution >= 0.6 is 15.9 Å². The highest BCUT2D eigenvalue weighted by Crippen LogP contribution is 2.32. The van der Waals surface area contributed by atoms with Crippen LogP contribution < -0.4 is 10.5 Å². The third-order valence-corrected chi connectivity index (χ3v) is 3.86. The Morgan fingerprint density at radius 3 is 2.33 bits per heavy atom. The second kappa shape index (κ2) is 4.98. The molecule has 94 valence electrons. The maximum atomic E-state index is 13.1. The van der Waals surface area contributed by atoms with Crippen LogP contribution in [0.1, 0.15) is 11.1 Å². The molecular weight excluding hydrogens is 297 g/mol. The van der Waals surface area contributed by atoms with E-state index in [1.165, 1.54) is 18.2 Å². The van der Waals surface area contributed by atoms with Gasteiger partial charge in [-0.15, -0.1) is 0 Å². The predicted octanol–water partition coefficient (Wildman–Crippen LogP) is 4.58. The molecule has 2 nitrogen and oxygen atoms in total. The number of benzene rings is 2. The topological polar surface area (TPSA) is 35.2 Å². The Balaban J connectivity index is 2.37. The van der Waals surface area contributed by atoms with Crippen molar-refractivity contribution in [2.45, 2.75) is 13.8 Å². The summed E-state index contributed by atoms with van der Waals surface area (Å²) in [7, 11) is 0. The molecule has 18 heavy (non-hydrogen) atoms. The van der Waals surface area contributed by atoms with Gasteiger partial charge in [-0.2, -0.15) is 0 Å². The van der Waals surface area contributed by atoms with Gasteiger partial charge in [-0.1, -0.05) is 15.9 Å². The Labute approximate surface area is 114 Å². The summed E-state index contributed by atoms with van der Waals surface area (Å²) in [4.78, 5) is 0. The zero-order valence-electron chi connectivity index (χ0n) is 10.1. The first kappa shape index (κ1) is 12.9. The van der Waals surface area contributed by atoms with E-state index in [0.717, 1.165) is 15.6 Å². The van der Waals surface area contributed by atoms with E-state index in [9.17, 15) is 4.39 Å². The Morgan fingerprint density at radius 2 is 1.72 bits per heavy atom. The van der Waals surface area contributed by atoms with Crippen molar-refractivity contribution < 1.29 is 9.13 Å². The van der Waals surface area contributed by atoms with Crippen LogP contribution in [0, 0.1) is 19.7 Å². The first-order valence-electron chi connectivity index (χ1n) is 5.47. The summed E-state index contributed by atoms with van der Waals surface area (Å²) >= 11 is 3.48.